The molecular weight excluding hydrogens is 392 g/mol. The molecule has 0 radical (unpaired) electrons. The molecular formula is C22H20O6S. The van der Waals surface area contributed by atoms with Crippen molar-refractivity contribution in [2.75, 3.05) is 13.2 Å². The van der Waals surface area contributed by atoms with Crippen LogP contribution in [0.1, 0.15) is 34.6 Å². The van der Waals surface area contributed by atoms with Gasteiger partial charge in [-0.25, -0.2) is 13.8 Å². The number of phenolic OH excluding ortho intramolecular Hbond substituents is 1. The fourth-order valence-corrected chi connectivity index (χ4v) is 4.43. The van der Waals surface area contributed by atoms with Crippen molar-refractivity contribution in [3.05, 3.63) is 65.7 Å². The van der Waals surface area contributed by atoms with E-state index in [1.807, 2.05) is 0 Å². The average Bonchev–Trinajstić information content (AvgIpc) is 2.74. The first-order valence-corrected chi connectivity index (χ1v) is 10.2. The van der Waals surface area contributed by atoms with E-state index in [0.29, 0.717) is 15.7 Å². The minimum absolute atomic E-state index is 0.0461. The van der Waals surface area contributed by atoms with Crippen LogP contribution in [-0.4, -0.2) is 34.5 Å². The molecule has 3 aromatic rings. The van der Waals surface area contributed by atoms with E-state index in [9.17, 15) is 18.9 Å². The lowest BCUT2D eigenvalue weighted by atomic mass is 9.99. The molecule has 0 spiro atoms. The molecule has 0 heterocycles. The summed E-state index contributed by atoms with van der Waals surface area (Å²) in [5, 5.41) is 11.5. The summed E-state index contributed by atoms with van der Waals surface area (Å²) in [7, 11) is -1.82. The van der Waals surface area contributed by atoms with Gasteiger partial charge in [0.2, 0.25) is 0 Å². The number of hydrogen-bond donors (Lipinski definition) is 1. The molecule has 0 saturated heterocycles. The highest BCUT2D eigenvalue weighted by Crippen LogP contribution is 2.39. The van der Waals surface area contributed by atoms with E-state index in [0.717, 1.165) is 0 Å². The molecule has 0 fully saturated rings. The summed E-state index contributed by atoms with van der Waals surface area (Å²) in [4.78, 5) is 26.1. The van der Waals surface area contributed by atoms with Gasteiger partial charge in [-0.05, 0) is 26.0 Å². The molecule has 0 bridgehead atoms. The Balaban J connectivity index is 2.45. The van der Waals surface area contributed by atoms with Crippen molar-refractivity contribution in [2.24, 2.45) is 0 Å². The standard InChI is InChI=1S/C22H20O6S/c1-3-27-21(24)17-18(22(25)28-4-2)20(29(26)14-10-6-5-7-11-14)16-13-9-8-12-15(16)19(17)23/h5-13,23H,3-4H2,1-2H3. The van der Waals surface area contributed by atoms with Gasteiger partial charge in [0.25, 0.3) is 0 Å². The second-order valence-corrected chi connectivity index (χ2v) is 7.41. The number of fused-ring (bicyclic) bond motifs is 1. The molecule has 29 heavy (non-hydrogen) atoms. The summed E-state index contributed by atoms with van der Waals surface area (Å²) in [6, 6.07) is 15.2. The Morgan fingerprint density at radius 1 is 0.828 bits per heavy atom. The van der Waals surface area contributed by atoms with Gasteiger partial charge in [-0.15, -0.1) is 0 Å². The summed E-state index contributed by atoms with van der Waals surface area (Å²) < 4.78 is 23.7. The fraction of sp³-hybridized carbons (Fsp3) is 0.182. The number of carbonyl (C=O) groups excluding carboxylic acids is 2. The lowest BCUT2D eigenvalue weighted by Gasteiger charge is -2.18. The number of carbonyl (C=O) groups is 2. The van der Waals surface area contributed by atoms with Crippen LogP contribution in [0.15, 0.2) is 64.4 Å². The normalized spacial score (nSPS) is 11.8. The van der Waals surface area contributed by atoms with Gasteiger partial charge >= 0.3 is 11.9 Å². The number of phenols is 1. The van der Waals surface area contributed by atoms with Crippen LogP contribution >= 0.6 is 0 Å². The summed E-state index contributed by atoms with van der Waals surface area (Å²) >= 11 is 0. The highest BCUT2D eigenvalue weighted by Gasteiger charge is 2.32. The molecule has 1 atom stereocenters. The third kappa shape index (κ3) is 3.86. The van der Waals surface area contributed by atoms with E-state index >= 15 is 0 Å². The Labute approximate surface area is 170 Å². The third-order valence-electron chi connectivity index (χ3n) is 4.24. The van der Waals surface area contributed by atoms with Gasteiger partial charge in [0.15, 0.2) is 0 Å². The van der Waals surface area contributed by atoms with Crippen molar-refractivity contribution in [3.63, 3.8) is 0 Å². The molecule has 7 heteroatoms. The van der Waals surface area contributed by atoms with Crippen molar-refractivity contribution >= 4 is 33.5 Å². The van der Waals surface area contributed by atoms with Gasteiger partial charge in [-0.3, -0.25) is 0 Å². The average molecular weight is 412 g/mol. The zero-order valence-electron chi connectivity index (χ0n) is 16.0. The number of esters is 2. The molecule has 3 aromatic carbocycles. The van der Waals surface area contributed by atoms with Crippen molar-refractivity contribution in [1.29, 1.82) is 0 Å². The van der Waals surface area contributed by atoms with E-state index < -0.39 is 28.5 Å². The molecule has 0 aliphatic heterocycles. The topological polar surface area (TPSA) is 89.9 Å². The molecule has 1 N–H and O–H groups in total. The number of benzene rings is 3. The minimum Gasteiger partial charge on any atom is -0.506 e. The second kappa shape index (κ2) is 8.87. The van der Waals surface area contributed by atoms with Crippen LogP contribution in [0.2, 0.25) is 0 Å². The number of ether oxygens (including phenoxy) is 2. The fourth-order valence-electron chi connectivity index (χ4n) is 3.04. The Morgan fingerprint density at radius 3 is 1.93 bits per heavy atom. The Morgan fingerprint density at radius 2 is 1.34 bits per heavy atom. The first kappa shape index (κ1) is 20.5. The predicted molar refractivity (Wildman–Crippen MR) is 109 cm³/mol. The van der Waals surface area contributed by atoms with Gasteiger partial charge in [-0.2, -0.15) is 0 Å². The van der Waals surface area contributed by atoms with Crippen LogP contribution in [-0.2, 0) is 20.3 Å². The molecule has 150 valence electrons. The maximum absolute atomic E-state index is 13.5. The van der Waals surface area contributed by atoms with Gasteiger partial charge in [0.1, 0.15) is 11.3 Å². The molecule has 1 unspecified atom stereocenters. The first-order chi connectivity index (χ1) is 14.0. The highest BCUT2D eigenvalue weighted by atomic mass is 32.2. The molecule has 0 aliphatic carbocycles. The molecule has 0 saturated carbocycles. The van der Waals surface area contributed by atoms with E-state index in [1.54, 1.807) is 68.4 Å². The zero-order chi connectivity index (χ0) is 21.0. The van der Waals surface area contributed by atoms with Gasteiger partial charge < -0.3 is 14.6 Å². The summed E-state index contributed by atoms with van der Waals surface area (Å²) in [6.45, 7) is 3.33. The maximum atomic E-state index is 13.5. The van der Waals surface area contributed by atoms with Crippen LogP contribution in [0, 0.1) is 0 Å². The number of hydrogen-bond acceptors (Lipinski definition) is 6. The molecule has 6 nitrogen and oxygen atoms in total. The van der Waals surface area contributed by atoms with E-state index in [4.69, 9.17) is 9.47 Å². The Kier molecular flexibility index (Phi) is 6.29. The monoisotopic (exact) mass is 412 g/mol. The van der Waals surface area contributed by atoms with Crippen LogP contribution in [0.4, 0.5) is 0 Å². The highest BCUT2D eigenvalue weighted by molar-refractivity contribution is 7.85. The van der Waals surface area contributed by atoms with Crippen molar-refractivity contribution < 1.29 is 28.4 Å². The predicted octanol–water partition coefficient (Wildman–Crippen LogP) is 4.07. The minimum atomic E-state index is -1.82. The molecule has 0 aliphatic rings. The Hall–Kier alpha value is -3.19. The smallest absolute Gasteiger partial charge is 0.342 e. The zero-order valence-corrected chi connectivity index (χ0v) is 16.8. The van der Waals surface area contributed by atoms with E-state index in [1.165, 1.54) is 0 Å². The molecule has 0 aromatic heterocycles. The maximum Gasteiger partial charge on any atom is 0.342 e. The van der Waals surface area contributed by atoms with E-state index in [2.05, 4.69) is 0 Å². The third-order valence-corrected chi connectivity index (χ3v) is 5.74. The SMILES string of the molecule is CCOC(=O)c1c(C(=O)OCC)c(S(=O)c2ccccc2)c2ccccc2c1O. The summed E-state index contributed by atoms with van der Waals surface area (Å²) in [5.74, 6) is -2.14. The van der Waals surface area contributed by atoms with Crippen molar-refractivity contribution in [1.82, 2.24) is 0 Å². The van der Waals surface area contributed by atoms with Crippen molar-refractivity contribution in [3.8, 4) is 5.75 Å². The number of rotatable bonds is 6. The second-order valence-electron chi connectivity index (χ2n) is 6.00. The number of aromatic hydroxyl groups is 1. The van der Waals surface area contributed by atoms with Crippen LogP contribution in [0.3, 0.4) is 0 Å². The summed E-state index contributed by atoms with van der Waals surface area (Å²) in [5.41, 5.74) is -0.591. The molecule has 3 rings (SSSR count). The van der Waals surface area contributed by atoms with E-state index in [-0.39, 0.29) is 29.2 Å². The Bertz CT molecular complexity index is 1090. The quantitative estimate of drug-likeness (QED) is 0.614. The lowest BCUT2D eigenvalue weighted by Crippen LogP contribution is -2.18. The molecule has 0 amide bonds. The lowest BCUT2D eigenvalue weighted by molar-refractivity contribution is 0.0473. The van der Waals surface area contributed by atoms with Crippen LogP contribution in [0.5, 0.6) is 5.75 Å². The van der Waals surface area contributed by atoms with Gasteiger partial charge in [0.05, 0.1) is 34.5 Å². The largest absolute Gasteiger partial charge is 0.506 e. The van der Waals surface area contributed by atoms with Crippen molar-refractivity contribution in [2.45, 2.75) is 23.6 Å². The van der Waals surface area contributed by atoms with Crippen LogP contribution in [0.25, 0.3) is 10.8 Å². The van der Waals surface area contributed by atoms with Gasteiger partial charge in [0, 0.05) is 15.7 Å². The summed E-state index contributed by atoms with van der Waals surface area (Å²) in [6.07, 6.45) is 0. The van der Waals surface area contributed by atoms with Crippen LogP contribution < -0.4 is 0 Å². The first-order valence-electron chi connectivity index (χ1n) is 9.09. The van der Waals surface area contributed by atoms with Gasteiger partial charge in [-0.1, -0.05) is 42.5 Å².